The Balaban J connectivity index is 1.86. The second kappa shape index (κ2) is 5.85. The van der Waals surface area contributed by atoms with Gasteiger partial charge in [-0.25, -0.2) is 0 Å². The summed E-state index contributed by atoms with van der Waals surface area (Å²) in [7, 11) is 0. The molecule has 3 aromatic rings. The SMILES string of the molecule is NCc1ccc(-c2nc(-c3ccc(C(F)(F)F)cc3)no2)cc1. The fourth-order valence-corrected chi connectivity index (χ4v) is 2.05. The zero-order valence-corrected chi connectivity index (χ0v) is 11.8. The Hall–Kier alpha value is -2.67. The van der Waals surface area contributed by atoms with Gasteiger partial charge in [-0.05, 0) is 29.8 Å². The van der Waals surface area contributed by atoms with Crippen molar-refractivity contribution in [3.63, 3.8) is 0 Å². The van der Waals surface area contributed by atoms with Gasteiger partial charge in [-0.3, -0.25) is 0 Å². The number of nitrogens with two attached hydrogens (primary N) is 1. The zero-order chi connectivity index (χ0) is 16.4. The van der Waals surface area contributed by atoms with Crippen LogP contribution in [0.25, 0.3) is 22.8 Å². The second-order valence-corrected chi connectivity index (χ2v) is 4.90. The van der Waals surface area contributed by atoms with E-state index in [-0.39, 0.29) is 5.82 Å². The highest BCUT2D eigenvalue weighted by molar-refractivity contribution is 5.60. The average molecular weight is 319 g/mol. The van der Waals surface area contributed by atoms with E-state index in [9.17, 15) is 13.2 Å². The van der Waals surface area contributed by atoms with Crippen LogP contribution in [0.4, 0.5) is 13.2 Å². The van der Waals surface area contributed by atoms with Gasteiger partial charge in [-0.1, -0.05) is 29.4 Å². The van der Waals surface area contributed by atoms with Crippen molar-refractivity contribution >= 4 is 0 Å². The lowest BCUT2D eigenvalue weighted by molar-refractivity contribution is -0.137. The molecule has 0 saturated heterocycles. The summed E-state index contributed by atoms with van der Waals surface area (Å²) in [6.45, 7) is 0.431. The summed E-state index contributed by atoms with van der Waals surface area (Å²) in [5.41, 5.74) is 6.94. The Morgan fingerprint density at radius 3 is 2.09 bits per heavy atom. The number of alkyl halides is 3. The fraction of sp³-hybridized carbons (Fsp3) is 0.125. The van der Waals surface area contributed by atoms with Crippen molar-refractivity contribution in [1.29, 1.82) is 0 Å². The monoisotopic (exact) mass is 319 g/mol. The van der Waals surface area contributed by atoms with Crippen LogP contribution in [0.2, 0.25) is 0 Å². The van der Waals surface area contributed by atoms with Gasteiger partial charge in [0.05, 0.1) is 5.56 Å². The summed E-state index contributed by atoms with van der Waals surface area (Å²) in [6.07, 6.45) is -4.37. The molecule has 1 aromatic heterocycles. The van der Waals surface area contributed by atoms with Gasteiger partial charge in [-0.2, -0.15) is 18.2 Å². The highest BCUT2D eigenvalue weighted by atomic mass is 19.4. The lowest BCUT2D eigenvalue weighted by Crippen LogP contribution is -2.04. The minimum Gasteiger partial charge on any atom is -0.334 e. The smallest absolute Gasteiger partial charge is 0.334 e. The molecule has 0 amide bonds. The molecule has 0 aliphatic carbocycles. The highest BCUT2D eigenvalue weighted by Gasteiger charge is 2.30. The summed E-state index contributed by atoms with van der Waals surface area (Å²) in [4.78, 5) is 4.21. The Labute approximate surface area is 129 Å². The summed E-state index contributed by atoms with van der Waals surface area (Å²) in [6, 6.07) is 11.9. The number of nitrogens with zero attached hydrogens (tertiary/aromatic N) is 2. The van der Waals surface area contributed by atoms with Gasteiger partial charge >= 0.3 is 6.18 Å². The molecule has 0 fully saturated rings. The molecule has 0 spiro atoms. The Morgan fingerprint density at radius 2 is 1.52 bits per heavy atom. The van der Waals surface area contributed by atoms with E-state index in [1.165, 1.54) is 12.1 Å². The summed E-state index contributed by atoms with van der Waals surface area (Å²) >= 11 is 0. The van der Waals surface area contributed by atoms with Crippen LogP contribution in [-0.2, 0) is 12.7 Å². The van der Waals surface area contributed by atoms with Crippen molar-refractivity contribution in [3.05, 3.63) is 59.7 Å². The molecule has 7 heteroatoms. The number of benzene rings is 2. The maximum atomic E-state index is 12.6. The topological polar surface area (TPSA) is 64.9 Å². The largest absolute Gasteiger partial charge is 0.416 e. The van der Waals surface area contributed by atoms with Crippen molar-refractivity contribution in [2.75, 3.05) is 0 Å². The first-order chi connectivity index (χ1) is 11.0. The van der Waals surface area contributed by atoms with Gasteiger partial charge in [0, 0.05) is 17.7 Å². The van der Waals surface area contributed by atoms with Crippen molar-refractivity contribution in [2.45, 2.75) is 12.7 Å². The minimum absolute atomic E-state index is 0.233. The standard InChI is InChI=1S/C16H12F3N3O/c17-16(18,19)13-7-5-11(6-8-13)14-21-15(23-22-14)12-3-1-10(9-20)2-4-12/h1-8H,9,20H2. The lowest BCUT2D eigenvalue weighted by atomic mass is 10.1. The number of hydrogen-bond donors (Lipinski definition) is 1. The van der Waals surface area contributed by atoms with E-state index < -0.39 is 11.7 Å². The highest BCUT2D eigenvalue weighted by Crippen LogP contribution is 2.30. The van der Waals surface area contributed by atoms with E-state index >= 15 is 0 Å². The Kier molecular flexibility index (Phi) is 3.87. The van der Waals surface area contributed by atoms with Crippen LogP contribution in [0.5, 0.6) is 0 Å². The normalized spacial score (nSPS) is 11.7. The first-order valence-electron chi connectivity index (χ1n) is 6.78. The molecule has 0 atom stereocenters. The first kappa shape index (κ1) is 15.2. The molecule has 0 unspecified atom stereocenters. The van der Waals surface area contributed by atoms with E-state index in [2.05, 4.69) is 10.1 Å². The number of halogens is 3. The molecule has 23 heavy (non-hydrogen) atoms. The van der Waals surface area contributed by atoms with Crippen molar-refractivity contribution in [1.82, 2.24) is 10.1 Å². The maximum Gasteiger partial charge on any atom is 0.416 e. The third kappa shape index (κ3) is 3.24. The van der Waals surface area contributed by atoms with Crippen molar-refractivity contribution < 1.29 is 17.7 Å². The number of hydrogen-bond acceptors (Lipinski definition) is 4. The van der Waals surface area contributed by atoms with Gasteiger partial charge < -0.3 is 10.3 Å². The van der Waals surface area contributed by atoms with Crippen LogP contribution in [-0.4, -0.2) is 10.1 Å². The van der Waals surface area contributed by atoms with Gasteiger partial charge in [-0.15, -0.1) is 0 Å². The first-order valence-corrected chi connectivity index (χ1v) is 6.78. The van der Waals surface area contributed by atoms with E-state index in [1.807, 2.05) is 12.1 Å². The summed E-state index contributed by atoms with van der Waals surface area (Å²) in [5, 5.41) is 3.81. The lowest BCUT2D eigenvalue weighted by Gasteiger charge is -2.05. The summed E-state index contributed by atoms with van der Waals surface area (Å²) in [5.74, 6) is 0.528. The summed E-state index contributed by atoms with van der Waals surface area (Å²) < 4.78 is 42.8. The molecule has 0 aliphatic heterocycles. The van der Waals surface area contributed by atoms with Crippen LogP contribution in [0.3, 0.4) is 0 Å². The molecule has 2 aromatic carbocycles. The van der Waals surface area contributed by atoms with Crippen LogP contribution in [0.1, 0.15) is 11.1 Å². The van der Waals surface area contributed by atoms with E-state index in [0.717, 1.165) is 17.7 Å². The average Bonchev–Trinajstić information content (AvgIpc) is 3.04. The third-order valence-electron chi connectivity index (χ3n) is 3.33. The molecule has 118 valence electrons. The predicted octanol–water partition coefficient (Wildman–Crippen LogP) is 3.88. The molecule has 0 radical (unpaired) electrons. The van der Waals surface area contributed by atoms with Gasteiger partial charge in [0.25, 0.3) is 5.89 Å². The molecule has 4 nitrogen and oxygen atoms in total. The van der Waals surface area contributed by atoms with Gasteiger partial charge in [0.1, 0.15) is 0 Å². The predicted molar refractivity (Wildman–Crippen MR) is 78.1 cm³/mol. The fourth-order valence-electron chi connectivity index (χ4n) is 2.05. The van der Waals surface area contributed by atoms with Crippen molar-refractivity contribution in [3.8, 4) is 22.8 Å². The van der Waals surface area contributed by atoms with E-state index in [0.29, 0.717) is 23.6 Å². The van der Waals surface area contributed by atoms with E-state index in [4.69, 9.17) is 10.3 Å². The Bertz CT molecular complexity index is 793. The maximum absolute atomic E-state index is 12.6. The van der Waals surface area contributed by atoms with Gasteiger partial charge in [0.15, 0.2) is 0 Å². The minimum atomic E-state index is -4.37. The molecule has 0 aliphatic rings. The van der Waals surface area contributed by atoms with Crippen LogP contribution in [0.15, 0.2) is 53.1 Å². The van der Waals surface area contributed by atoms with Gasteiger partial charge in [0.2, 0.25) is 5.82 Å². The molecule has 0 saturated carbocycles. The van der Waals surface area contributed by atoms with Crippen LogP contribution in [0, 0.1) is 0 Å². The molecule has 1 heterocycles. The van der Waals surface area contributed by atoms with Crippen LogP contribution >= 0.6 is 0 Å². The Morgan fingerprint density at radius 1 is 0.913 bits per heavy atom. The van der Waals surface area contributed by atoms with E-state index in [1.54, 1.807) is 12.1 Å². The zero-order valence-electron chi connectivity index (χ0n) is 11.8. The number of rotatable bonds is 3. The van der Waals surface area contributed by atoms with Crippen molar-refractivity contribution in [2.24, 2.45) is 5.73 Å². The third-order valence-corrected chi connectivity index (χ3v) is 3.33. The molecule has 0 bridgehead atoms. The molecule has 2 N–H and O–H groups in total. The molecule has 3 rings (SSSR count). The second-order valence-electron chi connectivity index (χ2n) is 4.90. The molecular weight excluding hydrogens is 307 g/mol. The molecular formula is C16H12F3N3O. The quantitative estimate of drug-likeness (QED) is 0.795. The number of aromatic nitrogens is 2. The van der Waals surface area contributed by atoms with Crippen LogP contribution < -0.4 is 5.73 Å².